The Morgan fingerprint density at radius 1 is 1.19 bits per heavy atom. The summed E-state index contributed by atoms with van der Waals surface area (Å²) in [5, 5.41) is 17.0. The third-order valence-electron chi connectivity index (χ3n) is 2.94. The molecule has 1 aromatic carbocycles. The molecule has 0 radical (unpaired) electrons. The van der Waals surface area contributed by atoms with Gasteiger partial charge in [0, 0.05) is 39.3 Å². The molecule has 2 rings (SSSR count). The van der Waals surface area contributed by atoms with Crippen LogP contribution in [0.5, 0.6) is 0 Å². The summed E-state index contributed by atoms with van der Waals surface area (Å²) >= 11 is 0. The lowest BCUT2D eigenvalue weighted by atomic mass is 10.1. The number of carbonyl (C=O) groups is 1. The van der Waals surface area contributed by atoms with Crippen LogP contribution in [0.1, 0.15) is 5.69 Å². The predicted molar refractivity (Wildman–Crippen MR) is 80.6 cm³/mol. The lowest BCUT2D eigenvalue weighted by Crippen LogP contribution is -2.38. The maximum absolute atomic E-state index is 11.3. The first-order valence-corrected chi connectivity index (χ1v) is 6.79. The summed E-state index contributed by atoms with van der Waals surface area (Å²) in [5.41, 5.74) is 2.74. The molecule has 0 saturated carbocycles. The van der Waals surface area contributed by atoms with Crippen molar-refractivity contribution in [2.45, 2.75) is 6.54 Å². The van der Waals surface area contributed by atoms with E-state index in [4.69, 9.17) is 0 Å². The predicted octanol–water partition coefficient (Wildman–Crippen LogP) is 0.833. The molecule has 0 unspecified atom stereocenters. The van der Waals surface area contributed by atoms with E-state index in [2.05, 4.69) is 26.0 Å². The van der Waals surface area contributed by atoms with Crippen molar-refractivity contribution in [3.63, 3.8) is 0 Å². The summed E-state index contributed by atoms with van der Waals surface area (Å²) in [7, 11) is 3.43. The summed E-state index contributed by atoms with van der Waals surface area (Å²) in [4.78, 5) is 12.8. The second-order valence-electron chi connectivity index (χ2n) is 4.79. The third kappa shape index (κ3) is 4.28. The molecular weight excluding hydrogens is 268 g/mol. The first-order valence-electron chi connectivity index (χ1n) is 6.79. The lowest BCUT2D eigenvalue weighted by Gasteiger charge is -2.12. The first-order chi connectivity index (χ1) is 10.2. The van der Waals surface area contributed by atoms with Crippen molar-refractivity contribution in [3.8, 4) is 11.3 Å². The van der Waals surface area contributed by atoms with Crippen LogP contribution in [-0.4, -0.2) is 53.5 Å². The zero-order valence-electron chi connectivity index (χ0n) is 12.3. The molecule has 1 aromatic heterocycles. The third-order valence-corrected chi connectivity index (χ3v) is 2.94. The van der Waals surface area contributed by atoms with Crippen LogP contribution in [0.3, 0.4) is 0 Å². The highest BCUT2D eigenvalue weighted by molar-refractivity contribution is 5.73. The largest absolute Gasteiger partial charge is 0.337 e. The zero-order chi connectivity index (χ0) is 15.1. The number of amides is 2. The van der Waals surface area contributed by atoms with Gasteiger partial charge in [-0.15, -0.1) is 0 Å². The molecule has 7 heteroatoms. The number of nitrogens with one attached hydrogen (secondary N) is 3. The van der Waals surface area contributed by atoms with E-state index in [-0.39, 0.29) is 6.03 Å². The SMILES string of the molecule is CN(C)C(=O)NCCNCc1n[nH]nc1-c1ccccc1. The van der Waals surface area contributed by atoms with Gasteiger partial charge in [-0.3, -0.25) is 0 Å². The molecule has 0 spiro atoms. The highest BCUT2D eigenvalue weighted by Gasteiger charge is 2.09. The lowest BCUT2D eigenvalue weighted by molar-refractivity contribution is 0.217. The Balaban J connectivity index is 1.80. The molecule has 2 amide bonds. The van der Waals surface area contributed by atoms with E-state index in [1.165, 1.54) is 4.90 Å². The Labute approximate surface area is 123 Å². The smallest absolute Gasteiger partial charge is 0.316 e. The van der Waals surface area contributed by atoms with Crippen LogP contribution >= 0.6 is 0 Å². The van der Waals surface area contributed by atoms with E-state index in [9.17, 15) is 4.79 Å². The Kier molecular flexibility index (Phi) is 5.28. The van der Waals surface area contributed by atoms with Gasteiger partial charge < -0.3 is 15.5 Å². The van der Waals surface area contributed by atoms with Gasteiger partial charge in [-0.25, -0.2) is 4.79 Å². The van der Waals surface area contributed by atoms with Crippen molar-refractivity contribution in [1.82, 2.24) is 30.9 Å². The molecule has 0 aliphatic rings. The van der Waals surface area contributed by atoms with Crippen molar-refractivity contribution >= 4 is 6.03 Å². The molecule has 21 heavy (non-hydrogen) atoms. The molecule has 0 aliphatic carbocycles. The number of hydrogen-bond donors (Lipinski definition) is 3. The first kappa shape index (κ1) is 15.0. The van der Waals surface area contributed by atoms with Crippen molar-refractivity contribution in [2.24, 2.45) is 0 Å². The Hall–Kier alpha value is -2.41. The Bertz CT molecular complexity index is 566. The van der Waals surface area contributed by atoms with Crippen LogP contribution in [0.15, 0.2) is 30.3 Å². The van der Waals surface area contributed by atoms with Crippen LogP contribution in [0.25, 0.3) is 11.3 Å². The minimum atomic E-state index is -0.0942. The van der Waals surface area contributed by atoms with Gasteiger partial charge in [-0.2, -0.15) is 15.4 Å². The average molecular weight is 288 g/mol. The van der Waals surface area contributed by atoms with Gasteiger partial charge in [0.25, 0.3) is 0 Å². The van der Waals surface area contributed by atoms with Gasteiger partial charge in [0.05, 0.1) is 0 Å². The Morgan fingerprint density at radius 3 is 2.67 bits per heavy atom. The number of carbonyl (C=O) groups excluding carboxylic acids is 1. The number of benzene rings is 1. The summed E-state index contributed by atoms with van der Waals surface area (Å²) < 4.78 is 0. The summed E-state index contributed by atoms with van der Waals surface area (Å²) in [6.07, 6.45) is 0. The maximum atomic E-state index is 11.3. The molecule has 112 valence electrons. The number of aromatic nitrogens is 3. The van der Waals surface area contributed by atoms with Crippen LogP contribution in [0.4, 0.5) is 4.79 Å². The Morgan fingerprint density at radius 2 is 1.95 bits per heavy atom. The second-order valence-corrected chi connectivity index (χ2v) is 4.79. The van der Waals surface area contributed by atoms with E-state index in [1.54, 1.807) is 14.1 Å². The van der Waals surface area contributed by atoms with Crippen molar-refractivity contribution in [3.05, 3.63) is 36.0 Å². The van der Waals surface area contributed by atoms with Gasteiger partial charge >= 0.3 is 6.03 Å². The van der Waals surface area contributed by atoms with Gasteiger partial charge in [0.2, 0.25) is 0 Å². The van der Waals surface area contributed by atoms with Crippen molar-refractivity contribution in [1.29, 1.82) is 0 Å². The second kappa shape index (κ2) is 7.39. The molecular formula is C14H20N6O. The molecule has 0 bridgehead atoms. The standard InChI is InChI=1S/C14H20N6O/c1-20(2)14(21)16-9-8-15-10-12-13(18-19-17-12)11-6-4-3-5-7-11/h3-7,15H,8-10H2,1-2H3,(H,16,21)(H,17,18,19). The van der Waals surface area contributed by atoms with E-state index in [0.29, 0.717) is 19.6 Å². The summed E-state index contributed by atoms with van der Waals surface area (Å²) in [5.74, 6) is 0. The minimum Gasteiger partial charge on any atom is -0.337 e. The average Bonchev–Trinajstić information content (AvgIpc) is 2.96. The van der Waals surface area contributed by atoms with Crippen LogP contribution in [-0.2, 0) is 6.54 Å². The highest BCUT2D eigenvalue weighted by Crippen LogP contribution is 2.18. The molecule has 0 aliphatic heterocycles. The van der Waals surface area contributed by atoms with E-state index >= 15 is 0 Å². The van der Waals surface area contributed by atoms with E-state index < -0.39 is 0 Å². The van der Waals surface area contributed by atoms with Crippen molar-refractivity contribution < 1.29 is 4.79 Å². The number of rotatable bonds is 6. The number of urea groups is 1. The number of nitrogens with zero attached hydrogens (tertiary/aromatic N) is 3. The van der Waals surface area contributed by atoms with Crippen LogP contribution in [0.2, 0.25) is 0 Å². The van der Waals surface area contributed by atoms with Gasteiger partial charge in [-0.05, 0) is 0 Å². The molecule has 0 fully saturated rings. The van der Waals surface area contributed by atoms with Crippen LogP contribution in [0, 0.1) is 0 Å². The van der Waals surface area contributed by atoms with Gasteiger partial charge in [0.15, 0.2) is 0 Å². The zero-order valence-corrected chi connectivity index (χ0v) is 12.3. The fourth-order valence-electron chi connectivity index (χ4n) is 1.83. The fraction of sp³-hybridized carbons (Fsp3) is 0.357. The summed E-state index contributed by atoms with van der Waals surface area (Å²) in [6, 6.07) is 9.81. The number of aromatic amines is 1. The van der Waals surface area contributed by atoms with E-state index in [1.807, 2.05) is 30.3 Å². The molecule has 2 aromatic rings. The van der Waals surface area contributed by atoms with Crippen molar-refractivity contribution in [2.75, 3.05) is 27.2 Å². The molecule has 3 N–H and O–H groups in total. The topological polar surface area (TPSA) is 85.9 Å². The van der Waals surface area contributed by atoms with E-state index in [0.717, 1.165) is 17.0 Å². The molecule has 1 heterocycles. The van der Waals surface area contributed by atoms with Crippen LogP contribution < -0.4 is 10.6 Å². The number of H-pyrrole nitrogens is 1. The summed E-state index contributed by atoms with van der Waals surface area (Å²) in [6.45, 7) is 1.83. The highest BCUT2D eigenvalue weighted by atomic mass is 16.2. The quantitative estimate of drug-likeness (QED) is 0.687. The monoisotopic (exact) mass is 288 g/mol. The fourth-order valence-corrected chi connectivity index (χ4v) is 1.83. The van der Waals surface area contributed by atoms with Gasteiger partial charge in [0.1, 0.15) is 11.4 Å². The molecule has 0 atom stereocenters. The molecule has 7 nitrogen and oxygen atoms in total. The molecule has 0 saturated heterocycles. The number of hydrogen-bond acceptors (Lipinski definition) is 4. The normalized spacial score (nSPS) is 10.4. The van der Waals surface area contributed by atoms with Gasteiger partial charge in [-0.1, -0.05) is 30.3 Å². The maximum Gasteiger partial charge on any atom is 0.316 e. The minimum absolute atomic E-state index is 0.0942.